The van der Waals surface area contributed by atoms with Gasteiger partial charge in [0, 0.05) is 13.0 Å². The number of carboxylic acids is 3. The van der Waals surface area contributed by atoms with Crippen LogP contribution in [-0.4, -0.2) is 80.7 Å². The summed E-state index contributed by atoms with van der Waals surface area (Å²) in [6.07, 6.45) is -1.20. The van der Waals surface area contributed by atoms with Gasteiger partial charge in [0.15, 0.2) is 12.6 Å². The number of carbonyl (C=O) groups is 5. The summed E-state index contributed by atoms with van der Waals surface area (Å²) in [4.78, 5) is 56.8. The third kappa shape index (κ3) is 9.75. The van der Waals surface area contributed by atoms with Crippen LogP contribution in [-0.2, 0) is 19.2 Å². The van der Waals surface area contributed by atoms with Gasteiger partial charge in [0.2, 0.25) is 0 Å². The van der Waals surface area contributed by atoms with Gasteiger partial charge < -0.3 is 30.7 Å². The summed E-state index contributed by atoms with van der Waals surface area (Å²) >= 11 is 0. The number of carboxylic acid groups (broad SMARTS) is 3. The molecule has 0 saturated heterocycles. The second-order valence-electron chi connectivity index (χ2n) is 6.57. The van der Waals surface area contributed by atoms with E-state index in [0.717, 1.165) is 0 Å². The van der Waals surface area contributed by atoms with E-state index in [-0.39, 0.29) is 31.1 Å². The number of para-hydroxylation sites is 1. The molecule has 13 nitrogen and oxygen atoms in total. The molecule has 0 aliphatic carbocycles. The lowest BCUT2D eigenvalue weighted by Crippen LogP contribution is -2.52. The fraction of sp³-hybridized carbons (Fsp3) is 0.421. The standard InChI is InChI=1S/C19H25N3O10/c23-15(11-32-12-5-2-1-3-6-12)20-10-4-7-14(18(28)29)22(31)19(30)21-13(17(26)27)8-9-16(24)25/h1-3,5-6,13-14,31H,4,7-11H2,(H,20,23)(H,21,30)(H,24,25)(H,26,27)(H,28,29)/t13-,14-/m0/s1. The van der Waals surface area contributed by atoms with Gasteiger partial charge in [-0.2, -0.15) is 5.06 Å². The SMILES string of the molecule is O=C(O)CC[C@H](NC(=O)N(O)[C@@H](CCCNC(=O)COc1ccccc1)C(=O)O)C(=O)O. The molecule has 6 N–H and O–H groups in total. The maximum Gasteiger partial charge on any atom is 0.342 e. The Balaban J connectivity index is 2.47. The Morgan fingerprint density at radius 2 is 1.62 bits per heavy atom. The minimum atomic E-state index is -1.72. The highest BCUT2D eigenvalue weighted by Crippen LogP contribution is 2.09. The molecule has 176 valence electrons. The highest BCUT2D eigenvalue weighted by Gasteiger charge is 2.31. The van der Waals surface area contributed by atoms with Crippen molar-refractivity contribution in [3.8, 4) is 5.75 Å². The van der Waals surface area contributed by atoms with Crippen LogP contribution >= 0.6 is 0 Å². The molecule has 2 atom stereocenters. The number of hydroxylamine groups is 2. The van der Waals surface area contributed by atoms with Crippen molar-refractivity contribution in [2.45, 2.75) is 37.8 Å². The summed E-state index contributed by atoms with van der Waals surface area (Å²) in [5, 5.41) is 41.0. The van der Waals surface area contributed by atoms with Crippen LogP contribution in [0.3, 0.4) is 0 Å². The van der Waals surface area contributed by atoms with Crippen LogP contribution in [0.2, 0.25) is 0 Å². The molecular weight excluding hydrogens is 430 g/mol. The van der Waals surface area contributed by atoms with Crippen LogP contribution in [0.15, 0.2) is 30.3 Å². The maximum absolute atomic E-state index is 12.0. The second-order valence-corrected chi connectivity index (χ2v) is 6.57. The fourth-order valence-electron chi connectivity index (χ4n) is 2.47. The topological polar surface area (TPSA) is 203 Å². The van der Waals surface area contributed by atoms with Gasteiger partial charge in [-0.05, 0) is 31.4 Å². The molecule has 0 spiro atoms. The van der Waals surface area contributed by atoms with Crippen molar-refractivity contribution in [3.63, 3.8) is 0 Å². The number of amides is 3. The average molecular weight is 455 g/mol. The second kappa shape index (κ2) is 13.4. The van der Waals surface area contributed by atoms with Gasteiger partial charge >= 0.3 is 23.9 Å². The fourth-order valence-corrected chi connectivity index (χ4v) is 2.47. The molecule has 0 aliphatic heterocycles. The monoisotopic (exact) mass is 455 g/mol. The largest absolute Gasteiger partial charge is 0.484 e. The molecule has 1 rings (SSSR count). The third-order valence-electron chi connectivity index (χ3n) is 4.12. The van der Waals surface area contributed by atoms with E-state index in [1.54, 1.807) is 30.3 Å². The normalized spacial score (nSPS) is 12.2. The summed E-state index contributed by atoms with van der Waals surface area (Å²) in [7, 11) is 0. The zero-order valence-corrected chi connectivity index (χ0v) is 17.0. The molecule has 0 saturated carbocycles. The van der Waals surface area contributed by atoms with Crippen LogP contribution in [0.25, 0.3) is 0 Å². The first kappa shape index (κ1) is 26.2. The van der Waals surface area contributed by atoms with Crippen molar-refractivity contribution in [2.75, 3.05) is 13.2 Å². The number of hydrogen-bond acceptors (Lipinski definition) is 7. The predicted octanol–water partition coefficient (Wildman–Crippen LogP) is 0.134. The lowest BCUT2D eigenvalue weighted by atomic mass is 10.1. The highest BCUT2D eigenvalue weighted by atomic mass is 16.5. The van der Waals surface area contributed by atoms with E-state index in [2.05, 4.69) is 5.32 Å². The minimum absolute atomic E-state index is 0.0343. The summed E-state index contributed by atoms with van der Waals surface area (Å²) in [5.74, 6) is -4.34. The van der Waals surface area contributed by atoms with Gasteiger partial charge in [0.25, 0.3) is 5.91 Å². The van der Waals surface area contributed by atoms with Gasteiger partial charge in [-0.3, -0.25) is 14.8 Å². The Morgan fingerprint density at radius 1 is 0.969 bits per heavy atom. The van der Waals surface area contributed by atoms with Crippen molar-refractivity contribution in [2.24, 2.45) is 0 Å². The number of nitrogens with one attached hydrogen (secondary N) is 2. The number of rotatable bonds is 14. The van der Waals surface area contributed by atoms with Crippen LogP contribution in [0.5, 0.6) is 5.75 Å². The lowest BCUT2D eigenvalue weighted by molar-refractivity contribution is -0.157. The van der Waals surface area contributed by atoms with Crippen LogP contribution in [0.4, 0.5) is 4.79 Å². The van der Waals surface area contributed by atoms with Gasteiger partial charge in [0.1, 0.15) is 11.8 Å². The molecule has 3 amide bonds. The zero-order valence-electron chi connectivity index (χ0n) is 17.0. The van der Waals surface area contributed by atoms with Crippen molar-refractivity contribution in [1.29, 1.82) is 0 Å². The van der Waals surface area contributed by atoms with Gasteiger partial charge in [-0.1, -0.05) is 18.2 Å². The van der Waals surface area contributed by atoms with E-state index in [1.807, 2.05) is 5.32 Å². The van der Waals surface area contributed by atoms with Gasteiger partial charge in [-0.25, -0.2) is 14.4 Å². The van der Waals surface area contributed by atoms with Crippen molar-refractivity contribution < 1.29 is 49.2 Å². The Bertz CT molecular complexity index is 802. The number of aliphatic carboxylic acids is 3. The molecule has 0 fully saturated rings. The minimum Gasteiger partial charge on any atom is -0.484 e. The Kier molecular flexibility index (Phi) is 11.0. The van der Waals surface area contributed by atoms with E-state index in [9.17, 15) is 34.3 Å². The molecule has 13 heteroatoms. The summed E-state index contributed by atoms with van der Waals surface area (Å²) in [6, 6.07) is 3.84. The van der Waals surface area contributed by atoms with E-state index < -0.39 is 54.8 Å². The molecule has 0 radical (unpaired) electrons. The van der Waals surface area contributed by atoms with Crippen LogP contribution < -0.4 is 15.4 Å². The third-order valence-corrected chi connectivity index (χ3v) is 4.12. The summed E-state index contributed by atoms with van der Waals surface area (Å²) in [5.41, 5.74) is 0. The van der Waals surface area contributed by atoms with Crippen molar-refractivity contribution in [3.05, 3.63) is 30.3 Å². The van der Waals surface area contributed by atoms with E-state index in [0.29, 0.717) is 5.75 Å². The quantitative estimate of drug-likeness (QED) is 0.127. The summed E-state index contributed by atoms with van der Waals surface area (Å²) < 4.78 is 5.25. The molecule has 0 aliphatic rings. The van der Waals surface area contributed by atoms with E-state index >= 15 is 0 Å². The molecule has 0 bridgehead atoms. The molecule has 1 aromatic carbocycles. The number of ether oxygens (including phenoxy) is 1. The number of carbonyl (C=O) groups excluding carboxylic acids is 2. The van der Waals surface area contributed by atoms with Gasteiger partial charge in [-0.15, -0.1) is 0 Å². The number of nitrogens with zero attached hydrogens (tertiary/aromatic N) is 1. The molecule has 0 heterocycles. The Hall–Kier alpha value is -3.87. The number of benzene rings is 1. The molecule has 32 heavy (non-hydrogen) atoms. The zero-order chi connectivity index (χ0) is 24.1. The smallest absolute Gasteiger partial charge is 0.342 e. The molecular formula is C19H25N3O10. The Labute approximate surface area is 182 Å². The number of urea groups is 1. The molecule has 0 aromatic heterocycles. The maximum atomic E-state index is 12.0. The average Bonchev–Trinajstić information content (AvgIpc) is 2.74. The first-order valence-electron chi connectivity index (χ1n) is 9.52. The molecule has 0 unspecified atom stereocenters. The van der Waals surface area contributed by atoms with Crippen molar-refractivity contribution >= 4 is 29.8 Å². The summed E-state index contributed by atoms with van der Waals surface area (Å²) in [6.45, 7) is -0.222. The van der Waals surface area contributed by atoms with Crippen LogP contribution in [0, 0.1) is 0 Å². The first-order valence-corrected chi connectivity index (χ1v) is 9.52. The van der Waals surface area contributed by atoms with Gasteiger partial charge in [0.05, 0.1) is 0 Å². The Morgan fingerprint density at radius 3 is 2.19 bits per heavy atom. The van der Waals surface area contributed by atoms with E-state index in [4.69, 9.17) is 14.9 Å². The van der Waals surface area contributed by atoms with Crippen LogP contribution in [0.1, 0.15) is 25.7 Å². The first-order chi connectivity index (χ1) is 15.1. The highest BCUT2D eigenvalue weighted by molar-refractivity contribution is 5.85. The predicted molar refractivity (Wildman–Crippen MR) is 106 cm³/mol. The van der Waals surface area contributed by atoms with Crippen molar-refractivity contribution in [1.82, 2.24) is 15.7 Å². The van der Waals surface area contributed by atoms with E-state index in [1.165, 1.54) is 0 Å². The lowest BCUT2D eigenvalue weighted by Gasteiger charge is -2.24. The molecule has 1 aromatic rings. The number of hydrogen-bond donors (Lipinski definition) is 6.